The maximum atomic E-state index is 12.0. The Balaban J connectivity index is 3.38. The number of nitriles is 1. The van der Waals surface area contributed by atoms with Crippen LogP contribution in [0.5, 0.6) is 0 Å². The molecule has 0 atom stereocenters. The summed E-state index contributed by atoms with van der Waals surface area (Å²) in [6, 6.07) is 7.67. The Kier molecular flexibility index (Phi) is 3.08. The molecular weight excluding hydrogens is 234 g/mol. The monoisotopic (exact) mass is 243 g/mol. The molecule has 1 aromatic carbocycles. The highest BCUT2D eigenvalue weighted by atomic mass is 35.5. The van der Waals surface area contributed by atoms with Gasteiger partial charge in [0.25, 0.3) is 0 Å². The smallest absolute Gasteiger partial charge is 0.196 e. The van der Waals surface area contributed by atoms with E-state index in [4.69, 9.17) is 16.9 Å². The number of halogens is 1. The van der Waals surface area contributed by atoms with Gasteiger partial charge in [-0.3, -0.25) is 0 Å². The van der Waals surface area contributed by atoms with Gasteiger partial charge in [-0.15, -0.1) is 0 Å². The highest BCUT2D eigenvalue weighted by Crippen LogP contribution is 2.26. The van der Waals surface area contributed by atoms with Crippen LogP contribution in [-0.4, -0.2) is 13.2 Å². The van der Waals surface area contributed by atoms with Crippen molar-refractivity contribution < 1.29 is 8.42 Å². The minimum atomic E-state index is -3.66. The molecule has 0 saturated carbocycles. The van der Waals surface area contributed by atoms with Gasteiger partial charge in [-0.05, 0) is 32.0 Å². The van der Waals surface area contributed by atoms with Crippen LogP contribution in [0.1, 0.15) is 13.8 Å². The molecule has 0 aromatic heterocycles. The van der Waals surface area contributed by atoms with Crippen LogP contribution in [0.25, 0.3) is 0 Å². The predicted molar refractivity (Wildman–Crippen MR) is 58.3 cm³/mol. The van der Waals surface area contributed by atoms with Crippen molar-refractivity contribution in [3.63, 3.8) is 0 Å². The first-order valence-electron chi connectivity index (χ1n) is 4.23. The minimum Gasteiger partial charge on any atom is -0.222 e. The number of benzene rings is 1. The summed E-state index contributed by atoms with van der Waals surface area (Å²) >= 11 is 5.70. The van der Waals surface area contributed by atoms with Crippen molar-refractivity contribution in [3.8, 4) is 6.07 Å². The lowest BCUT2D eigenvalue weighted by Gasteiger charge is -2.16. The van der Waals surface area contributed by atoms with Crippen molar-refractivity contribution >= 4 is 21.4 Å². The lowest BCUT2D eigenvalue weighted by Crippen LogP contribution is -2.29. The normalized spacial score (nSPS) is 12.1. The first kappa shape index (κ1) is 12.0. The van der Waals surface area contributed by atoms with E-state index >= 15 is 0 Å². The second kappa shape index (κ2) is 3.84. The zero-order chi connectivity index (χ0) is 11.7. The molecule has 0 saturated heterocycles. The fourth-order valence-corrected chi connectivity index (χ4v) is 2.49. The third-order valence-corrected chi connectivity index (χ3v) is 4.59. The first-order chi connectivity index (χ1) is 6.81. The fourth-order valence-electron chi connectivity index (χ4n) is 0.989. The van der Waals surface area contributed by atoms with E-state index in [9.17, 15) is 8.42 Å². The third kappa shape index (κ3) is 2.14. The molecule has 1 rings (SSSR count). The van der Waals surface area contributed by atoms with Crippen LogP contribution < -0.4 is 0 Å². The van der Waals surface area contributed by atoms with Gasteiger partial charge in [-0.1, -0.05) is 17.7 Å². The molecule has 80 valence electrons. The predicted octanol–water partition coefficient (Wildman–Crippen LogP) is 2.42. The van der Waals surface area contributed by atoms with Gasteiger partial charge in [0.05, 0.1) is 11.0 Å². The second-order valence-electron chi connectivity index (χ2n) is 3.58. The molecule has 0 aliphatic carbocycles. The molecule has 0 amide bonds. The molecule has 15 heavy (non-hydrogen) atoms. The van der Waals surface area contributed by atoms with Crippen molar-refractivity contribution in [2.45, 2.75) is 23.5 Å². The largest absolute Gasteiger partial charge is 0.222 e. The maximum absolute atomic E-state index is 12.0. The van der Waals surface area contributed by atoms with Crippen molar-refractivity contribution in [1.82, 2.24) is 0 Å². The molecule has 0 aliphatic heterocycles. The zero-order valence-corrected chi connectivity index (χ0v) is 9.93. The van der Waals surface area contributed by atoms with Crippen LogP contribution in [0, 0.1) is 11.3 Å². The average Bonchev–Trinajstić information content (AvgIpc) is 2.17. The molecule has 0 heterocycles. The molecule has 0 radical (unpaired) electrons. The average molecular weight is 244 g/mol. The van der Waals surface area contributed by atoms with Crippen LogP contribution in [0.15, 0.2) is 29.2 Å². The summed E-state index contributed by atoms with van der Waals surface area (Å²) in [5.41, 5.74) is 0. The number of nitrogens with zero attached hydrogens (tertiary/aromatic N) is 1. The molecule has 0 fully saturated rings. The van der Waals surface area contributed by atoms with Gasteiger partial charge in [0.2, 0.25) is 0 Å². The summed E-state index contributed by atoms with van der Waals surface area (Å²) in [6.07, 6.45) is 0. The second-order valence-corrected chi connectivity index (χ2v) is 6.52. The van der Waals surface area contributed by atoms with Crippen LogP contribution in [-0.2, 0) is 9.84 Å². The Hall–Kier alpha value is -1.05. The SMILES string of the molecule is CC(C)(C#N)S(=O)(=O)c1cccc(Cl)c1. The third-order valence-electron chi connectivity index (χ3n) is 2.05. The minimum absolute atomic E-state index is 0.0709. The standard InChI is InChI=1S/C10H10ClNO2S/c1-10(2,7-12)15(13,14)9-5-3-4-8(11)6-9/h3-6H,1-2H3. The molecule has 3 nitrogen and oxygen atoms in total. The summed E-state index contributed by atoms with van der Waals surface area (Å²) in [5.74, 6) is 0. The molecule has 0 bridgehead atoms. The highest BCUT2D eigenvalue weighted by molar-refractivity contribution is 7.93. The number of hydrogen-bond acceptors (Lipinski definition) is 3. The van der Waals surface area contributed by atoms with Gasteiger partial charge in [-0.25, -0.2) is 8.42 Å². The van der Waals surface area contributed by atoms with E-state index in [1.165, 1.54) is 26.0 Å². The van der Waals surface area contributed by atoms with E-state index in [1.54, 1.807) is 18.2 Å². The number of sulfone groups is 1. The topological polar surface area (TPSA) is 57.9 Å². The number of rotatable bonds is 2. The molecule has 1 aromatic rings. The molecule has 0 spiro atoms. The lowest BCUT2D eigenvalue weighted by molar-refractivity contribution is 0.574. The Morgan fingerprint density at radius 3 is 2.47 bits per heavy atom. The van der Waals surface area contributed by atoms with Gasteiger partial charge in [-0.2, -0.15) is 5.26 Å². The van der Waals surface area contributed by atoms with E-state index < -0.39 is 14.6 Å². The van der Waals surface area contributed by atoms with Crippen molar-refractivity contribution in [2.24, 2.45) is 0 Å². The summed E-state index contributed by atoms with van der Waals surface area (Å²) < 4.78 is 22.5. The van der Waals surface area contributed by atoms with E-state index in [0.29, 0.717) is 5.02 Å². The molecule has 0 N–H and O–H groups in total. The van der Waals surface area contributed by atoms with Crippen LogP contribution in [0.4, 0.5) is 0 Å². The molecule has 5 heteroatoms. The Bertz CT molecular complexity index is 514. The number of hydrogen-bond donors (Lipinski definition) is 0. The van der Waals surface area contributed by atoms with Crippen LogP contribution >= 0.6 is 11.6 Å². The van der Waals surface area contributed by atoms with E-state index in [2.05, 4.69) is 0 Å². The van der Waals surface area contributed by atoms with Crippen molar-refractivity contribution in [3.05, 3.63) is 29.3 Å². The Labute approximate surface area is 94.2 Å². The van der Waals surface area contributed by atoms with Gasteiger partial charge >= 0.3 is 0 Å². The van der Waals surface area contributed by atoms with Gasteiger partial charge in [0, 0.05) is 5.02 Å². The summed E-state index contributed by atoms with van der Waals surface area (Å²) in [7, 11) is -3.66. The molecular formula is C10H10ClNO2S. The summed E-state index contributed by atoms with van der Waals surface area (Å²) in [4.78, 5) is 0.0709. The first-order valence-corrected chi connectivity index (χ1v) is 6.09. The quantitative estimate of drug-likeness (QED) is 0.802. The summed E-state index contributed by atoms with van der Waals surface area (Å²) in [6.45, 7) is 2.73. The van der Waals surface area contributed by atoms with E-state index in [-0.39, 0.29) is 4.90 Å². The molecule has 0 unspecified atom stereocenters. The highest BCUT2D eigenvalue weighted by Gasteiger charge is 2.35. The van der Waals surface area contributed by atoms with E-state index in [1.807, 2.05) is 0 Å². The Morgan fingerprint density at radius 1 is 1.40 bits per heavy atom. The van der Waals surface area contributed by atoms with E-state index in [0.717, 1.165) is 0 Å². The fraction of sp³-hybridized carbons (Fsp3) is 0.300. The van der Waals surface area contributed by atoms with Gasteiger partial charge in [0.1, 0.15) is 0 Å². The zero-order valence-electron chi connectivity index (χ0n) is 8.36. The van der Waals surface area contributed by atoms with Gasteiger partial charge < -0.3 is 0 Å². The Morgan fingerprint density at radius 2 is 2.00 bits per heavy atom. The lowest BCUT2D eigenvalue weighted by atomic mass is 10.2. The molecule has 0 aliphatic rings. The summed E-state index contributed by atoms with van der Waals surface area (Å²) in [5, 5.41) is 9.14. The van der Waals surface area contributed by atoms with Gasteiger partial charge in [0.15, 0.2) is 14.6 Å². The van der Waals surface area contributed by atoms with Crippen LogP contribution in [0.2, 0.25) is 5.02 Å². The maximum Gasteiger partial charge on any atom is 0.196 e. The van der Waals surface area contributed by atoms with Crippen molar-refractivity contribution in [1.29, 1.82) is 5.26 Å². The van der Waals surface area contributed by atoms with Crippen LogP contribution in [0.3, 0.4) is 0 Å². The van der Waals surface area contributed by atoms with Crippen molar-refractivity contribution in [2.75, 3.05) is 0 Å².